The summed E-state index contributed by atoms with van der Waals surface area (Å²) in [6, 6.07) is 13.0. The van der Waals surface area contributed by atoms with Crippen molar-refractivity contribution >= 4 is 34.3 Å². The molecule has 9 heteroatoms. The lowest BCUT2D eigenvalue weighted by molar-refractivity contribution is -0.384. The van der Waals surface area contributed by atoms with Crippen LogP contribution in [0, 0.1) is 10.1 Å². The molecule has 29 heavy (non-hydrogen) atoms. The lowest BCUT2D eigenvalue weighted by Crippen LogP contribution is -2.38. The van der Waals surface area contributed by atoms with E-state index in [4.69, 9.17) is 0 Å². The fourth-order valence-corrected chi connectivity index (χ4v) is 3.61. The highest BCUT2D eigenvalue weighted by molar-refractivity contribution is 8.00. The number of nitrogens with one attached hydrogen (secondary N) is 1. The number of thioether (sulfide) groups is 1. The van der Waals surface area contributed by atoms with Crippen molar-refractivity contribution in [3.63, 3.8) is 0 Å². The van der Waals surface area contributed by atoms with Gasteiger partial charge in [0.2, 0.25) is 5.91 Å². The third kappa shape index (κ3) is 5.00. The van der Waals surface area contributed by atoms with Crippen LogP contribution in [0.3, 0.4) is 0 Å². The van der Waals surface area contributed by atoms with E-state index in [1.807, 2.05) is 19.9 Å². The van der Waals surface area contributed by atoms with E-state index in [0.717, 1.165) is 4.90 Å². The molecule has 8 nitrogen and oxygen atoms in total. The zero-order valence-electron chi connectivity index (χ0n) is 16.0. The van der Waals surface area contributed by atoms with Gasteiger partial charge in [0, 0.05) is 23.1 Å². The Balaban J connectivity index is 1.71. The maximum absolute atomic E-state index is 12.8. The second-order valence-electron chi connectivity index (χ2n) is 6.68. The minimum atomic E-state index is -0.461. The number of amides is 1. The van der Waals surface area contributed by atoms with Crippen LogP contribution >= 0.6 is 11.8 Å². The van der Waals surface area contributed by atoms with E-state index in [0.29, 0.717) is 16.7 Å². The van der Waals surface area contributed by atoms with E-state index >= 15 is 0 Å². The molecule has 0 saturated heterocycles. The number of nitro benzene ring substituents is 1. The number of hydrogen-bond donors (Lipinski definition) is 1. The molecular weight excluding hydrogens is 392 g/mol. The number of nitro groups is 1. The number of aromatic amines is 1. The normalized spacial score (nSPS) is 11.0. The van der Waals surface area contributed by atoms with E-state index in [9.17, 15) is 19.7 Å². The summed E-state index contributed by atoms with van der Waals surface area (Å²) >= 11 is 1.30. The molecule has 1 heterocycles. The Kier molecular flexibility index (Phi) is 6.28. The van der Waals surface area contributed by atoms with Gasteiger partial charge in [-0.25, -0.2) is 4.98 Å². The monoisotopic (exact) mass is 412 g/mol. The largest absolute Gasteiger partial charge is 0.332 e. The molecule has 1 amide bonds. The maximum atomic E-state index is 12.8. The molecule has 150 valence electrons. The summed E-state index contributed by atoms with van der Waals surface area (Å²) in [5.41, 5.74) is 0.362. The van der Waals surface area contributed by atoms with Crippen LogP contribution in [-0.2, 0) is 11.3 Å². The molecule has 0 radical (unpaired) electrons. The van der Waals surface area contributed by atoms with Crippen LogP contribution in [0.15, 0.2) is 58.2 Å². The summed E-state index contributed by atoms with van der Waals surface area (Å²) in [6.07, 6.45) is 0. The molecule has 0 aliphatic carbocycles. The Morgan fingerprint density at radius 1 is 1.21 bits per heavy atom. The second-order valence-corrected chi connectivity index (χ2v) is 7.73. The molecular formula is C20H20N4O4S. The van der Waals surface area contributed by atoms with Crippen molar-refractivity contribution in [3.05, 3.63) is 74.8 Å². The van der Waals surface area contributed by atoms with Gasteiger partial charge >= 0.3 is 0 Å². The smallest absolute Gasteiger partial charge is 0.269 e. The van der Waals surface area contributed by atoms with Crippen LogP contribution in [0.2, 0.25) is 0 Å². The van der Waals surface area contributed by atoms with Gasteiger partial charge in [-0.3, -0.25) is 19.7 Å². The number of nitrogens with zero attached hydrogens (tertiary/aromatic N) is 3. The number of H-pyrrole nitrogens is 1. The number of fused-ring (bicyclic) bond motifs is 1. The molecule has 0 spiro atoms. The first-order chi connectivity index (χ1) is 13.8. The molecule has 3 rings (SSSR count). The van der Waals surface area contributed by atoms with Gasteiger partial charge in [0.15, 0.2) is 0 Å². The van der Waals surface area contributed by atoms with Gasteiger partial charge in [0.05, 0.1) is 28.1 Å². The maximum Gasteiger partial charge on any atom is 0.269 e. The van der Waals surface area contributed by atoms with Crippen molar-refractivity contribution < 1.29 is 9.72 Å². The summed E-state index contributed by atoms with van der Waals surface area (Å²) in [4.78, 5) is 44.9. The second kappa shape index (κ2) is 8.87. The van der Waals surface area contributed by atoms with Crippen LogP contribution in [0.4, 0.5) is 5.69 Å². The number of aromatic nitrogens is 2. The Morgan fingerprint density at radius 3 is 2.55 bits per heavy atom. The van der Waals surface area contributed by atoms with Gasteiger partial charge in [0.1, 0.15) is 5.82 Å². The van der Waals surface area contributed by atoms with Crippen LogP contribution in [-0.4, -0.2) is 37.5 Å². The fourth-order valence-electron chi connectivity index (χ4n) is 2.82. The van der Waals surface area contributed by atoms with E-state index in [-0.39, 0.29) is 35.5 Å². The van der Waals surface area contributed by atoms with Gasteiger partial charge in [-0.1, -0.05) is 12.1 Å². The third-order valence-corrected chi connectivity index (χ3v) is 5.33. The number of rotatable bonds is 7. The van der Waals surface area contributed by atoms with Crippen LogP contribution in [0.25, 0.3) is 10.9 Å². The summed E-state index contributed by atoms with van der Waals surface area (Å²) in [5.74, 6) is 0.489. The predicted molar refractivity (Wildman–Crippen MR) is 112 cm³/mol. The van der Waals surface area contributed by atoms with Crippen molar-refractivity contribution in [2.75, 3.05) is 5.75 Å². The minimum absolute atomic E-state index is 0.0100. The highest BCUT2D eigenvalue weighted by atomic mass is 32.2. The average Bonchev–Trinajstić information content (AvgIpc) is 2.70. The Morgan fingerprint density at radius 2 is 1.90 bits per heavy atom. The summed E-state index contributed by atoms with van der Waals surface area (Å²) in [6.45, 7) is 3.98. The molecule has 0 aliphatic heterocycles. The first-order valence-electron chi connectivity index (χ1n) is 9.00. The van der Waals surface area contributed by atoms with E-state index in [1.165, 1.54) is 23.9 Å². The number of hydrogen-bond acceptors (Lipinski definition) is 6. The predicted octanol–water partition coefficient (Wildman–Crippen LogP) is 3.36. The molecule has 0 saturated carbocycles. The zero-order valence-corrected chi connectivity index (χ0v) is 16.8. The van der Waals surface area contributed by atoms with E-state index < -0.39 is 4.92 Å². The van der Waals surface area contributed by atoms with Crippen LogP contribution in [0.1, 0.15) is 19.7 Å². The highest BCUT2D eigenvalue weighted by Gasteiger charge is 2.19. The van der Waals surface area contributed by atoms with Crippen LogP contribution < -0.4 is 5.56 Å². The van der Waals surface area contributed by atoms with Gasteiger partial charge in [-0.15, -0.1) is 11.8 Å². The SMILES string of the molecule is CC(C)N(Cc1nc2ccccc2c(=O)[nH]1)C(=O)CSc1ccc([N+](=O)[O-])cc1. The molecule has 0 fully saturated rings. The van der Waals surface area contributed by atoms with E-state index in [2.05, 4.69) is 9.97 Å². The van der Waals surface area contributed by atoms with E-state index in [1.54, 1.807) is 35.2 Å². The van der Waals surface area contributed by atoms with Gasteiger partial charge in [-0.05, 0) is 38.1 Å². The number of non-ortho nitro benzene ring substituents is 1. The fraction of sp³-hybridized carbons (Fsp3) is 0.250. The number of carbonyl (C=O) groups excluding carboxylic acids is 1. The molecule has 1 N–H and O–H groups in total. The molecule has 0 aliphatic rings. The number of benzene rings is 2. The lowest BCUT2D eigenvalue weighted by atomic mass is 10.2. The molecule has 2 aromatic carbocycles. The zero-order chi connectivity index (χ0) is 21.0. The Hall–Kier alpha value is -3.20. The lowest BCUT2D eigenvalue weighted by Gasteiger charge is -2.26. The quantitative estimate of drug-likeness (QED) is 0.362. The minimum Gasteiger partial charge on any atom is -0.332 e. The molecule has 3 aromatic rings. The van der Waals surface area contributed by atoms with Gasteiger partial charge in [-0.2, -0.15) is 0 Å². The number of carbonyl (C=O) groups is 1. The van der Waals surface area contributed by atoms with Gasteiger partial charge in [0.25, 0.3) is 11.2 Å². The topological polar surface area (TPSA) is 109 Å². The first-order valence-corrected chi connectivity index (χ1v) is 9.98. The van der Waals surface area contributed by atoms with Crippen molar-refractivity contribution in [2.45, 2.75) is 31.3 Å². The number of para-hydroxylation sites is 1. The van der Waals surface area contributed by atoms with Crippen molar-refractivity contribution in [3.8, 4) is 0 Å². The van der Waals surface area contributed by atoms with Crippen molar-refractivity contribution in [1.29, 1.82) is 0 Å². The highest BCUT2D eigenvalue weighted by Crippen LogP contribution is 2.22. The van der Waals surface area contributed by atoms with Gasteiger partial charge < -0.3 is 9.88 Å². The molecule has 1 aromatic heterocycles. The Labute approximate surface area is 171 Å². The molecule has 0 bridgehead atoms. The van der Waals surface area contributed by atoms with Crippen molar-refractivity contribution in [2.24, 2.45) is 0 Å². The summed E-state index contributed by atoms with van der Waals surface area (Å²) in [7, 11) is 0. The first kappa shape index (κ1) is 20.5. The van der Waals surface area contributed by atoms with Crippen LogP contribution in [0.5, 0.6) is 0 Å². The molecule has 0 atom stereocenters. The average molecular weight is 412 g/mol. The summed E-state index contributed by atoms with van der Waals surface area (Å²) in [5, 5.41) is 11.2. The standard InChI is InChI=1S/C20H20N4O4S/c1-13(2)23(11-18-21-17-6-4-3-5-16(17)20(26)22-18)19(25)12-29-15-9-7-14(8-10-15)24(27)28/h3-10,13H,11-12H2,1-2H3,(H,21,22,26). The Bertz CT molecular complexity index is 1100. The van der Waals surface area contributed by atoms with Crippen molar-refractivity contribution in [1.82, 2.24) is 14.9 Å². The molecule has 0 unspecified atom stereocenters. The summed E-state index contributed by atoms with van der Waals surface area (Å²) < 4.78 is 0. The third-order valence-electron chi connectivity index (χ3n) is 4.34.